The van der Waals surface area contributed by atoms with Crippen LogP contribution >= 0.6 is 0 Å². The van der Waals surface area contributed by atoms with Crippen LogP contribution in [0, 0.1) is 23.2 Å². The number of hydrogen-bond donors (Lipinski definition) is 1. The number of benzene rings is 1. The Morgan fingerprint density at radius 3 is 2.75 bits per heavy atom. The number of nitriles is 1. The van der Waals surface area contributed by atoms with Gasteiger partial charge in [-0.1, -0.05) is 6.92 Å². The Morgan fingerprint density at radius 1 is 1.25 bits per heavy atom. The van der Waals surface area contributed by atoms with Gasteiger partial charge in [0, 0.05) is 38.4 Å². The fourth-order valence-electron chi connectivity index (χ4n) is 4.46. The Bertz CT molecular complexity index is 923. The van der Waals surface area contributed by atoms with Crippen molar-refractivity contribution < 1.29 is 4.79 Å². The SMILES string of the molecule is C[C@H]1CN(c2ccc(C#N)c3nccnc23)C[C@H]1NC(=O)C[C@@H]1CCN(C)C1. The highest BCUT2D eigenvalue weighted by molar-refractivity contribution is 5.92. The van der Waals surface area contributed by atoms with Gasteiger partial charge < -0.3 is 15.1 Å². The van der Waals surface area contributed by atoms with E-state index in [4.69, 9.17) is 0 Å². The Labute approximate surface area is 165 Å². The average molecular weight is 378 g/mol. The summed E-state index contributed by atoms with van der Waals surface area (Å²) in [5, 5.41) is 12.6. The summed E-state index contributed by atoms with van der Waals surface area (Å²) < 4.78 is 0. The van der Waals surface area contributed by atoms with E-state index in [0.717, 1.165) is 43.8 Å². The highest BCUT2D eigenvalue weighted by atomic mass is 16.1. The van der Waals surface area contributed by atoms with Crippen molar-refractivity contribution in [1.29, 1.82) is 5.26 Å². The molecule has 0 saturated carbocycles. The molecule has 3 atom stereocenters. The topological polar surface area (TPSA) is 85.1 Å². The van der Waals surface area contributed by atoms with Crippen LogP contribution in [0.2, 0.25) is 0 Å². The number of carbonyl (C=O) groups is 1. The lowest BCUT2D eigenvalue weighted by Crippen LogP contribution is -2.40. The van der Waals surface area contributed by atoms with E-state index in [1.165, 1.54) is 0 Å². The molecule has 1 aromatic carbocycles. The van der Waals surface area contributed by atoms with Crippen LogP contribution in [-0.4, -0.2) is 60.0 Å². The molecule has 146 valence electrons. The number of carbonyl (C=O) groups excluding carboxylic acids is 1. The predicted molar refractivity (Wildman–Crippen MR) is 108 cm³/mol. The number of nitrogens with zero attached hydrogens (tertiary/aromatic N) is 5. The smallest absolute Gasteiger partial charge is 0.220 e. The van der Waals surface area contributed by atoms with Gasteiger partial charge in [-0.15, -0.1) is 0 Å². The van der Waals surface area contributed by atoms with Gasteiger partial charge in [0.25, 0.3) is 0 Å². The summed E-state index contributed by atoms with van der Waals surface area (Å²) in [7, 11) is 2.11. The average Bonchev–Trinajstić information content (AvgIpc) is 3.26. The zero-order chi connectivity index (χ0) is 19.7. The molecule has 28 heavy (non-hydrogen) atoms. The molecule has 0 bridgehead atoms. The fourth-order valence-corrected chi connectivity index (χ4v) is 4.46. The van der Waals surface area contributed by atoms with E-state index in [2.05, 4.69) is 45.1 Å². The van der Waals surface area contributed by atoms with Gasteiger partial charge in [-0.25, -0.2) is 0 Å². The van der Waals surface area contributed by atoms with Crippen molar-refractivity contribution in [3.63, 3.8) is 0 Å². The number of anilines is 1. The quantitative estimate of drug-likeness (QED) is 0.873. The largest absolute Gasteiger partial charge is 0.367 e. The molecule has 2 saturated heterocycles. The number of fused-ring (bicyclic) bond motifs is 1. The van der Waals surface area contributed by atoms with Crippen molar-refractivity contribution in [2.75, 3.05) is 38.1 Å². The maximum absolute atomic E-state index is 12.5. The lowest BCUT2D eigenvalue weighted by Gasteiger charge is -2.21. The molecule has 7 heteroatoms. The molecular weight excluding hydrogens is 352 g/mol. The van der Waals surface area contributed by atoms with Crippen LogP contribution in [0.5, 0.6) is 0 Å². The van der Waals surface area contributed by atoms with Crippen molar-refractivity contribution in [3.8, 4) is 6.07 Å². The summed E-state index contributed by atoms with van der Waals surface area (Å²) in [4.78, 5) is 25.9. The Kier molecular flexibility index (Phi) is 5.14. The zero-order valence-corrected chi connectivity index (χ0v) is 16.4. The van der Waals surface area contributed by atoms with Crippen LogP contribution < -0.4 is 10.2 Å². The van der Waals surface area contributed by atoms with Crippen LogP contribution in [0.1, 0.15) is 25.3 Å². The number of nitrogens with one attached hydrogen (secondary N) is 1. The van der Waals surface area contributed by atoms with Gasteiger partial charge in [0.15, 0.2) is 0 Å². The fraction of sp³-hybridized carbons (Fsp3) is 0.524. The van der Waals surface area contributed by atoms with Crippen molar-refractivity contribution in [2.24, 2.45) is 11.8 Å². The monoisotopic (exact) mass is 378 g/mol. The van der Waals surface area contributed by atoms with E-state index in [-0.39, 0.29) is 11.9 Å². The molecule has 4 rings (SSSR count). The van der Waals surface area contributed by atoms with E-state index >= 15 is 0 Å². The van der Waals surface area contributed by atoms with E-state index in [0.29, 0.717) is 29.3 Å². The molecule has 1 aromatic heterocycles. The molecule has 2 aliphatic rings. The molecule has 3 heterocycles. The van der Waals surface area contributed by atoms with E-state index in [9.17, 15) is 10.1 Å². The summed E-state index contributed by atoms with van der Waals surface area (Å²) in [6, 6.07) is 6.06. The first-order valence-corrected chi connectivity index (χ1v) is 9.92. The molecular formula is C21H26N6O. The number of rotatable bonds is 4. The Balaban J connectivity index is 1.46. The molecule has 0 spiro atoms. The van der Waals surface area contributed by atoms with Crippen molar-refractivity contribution >= 4 is 22.6 Å². The Morgan fingerprint density at radius 2 is 2.04 bits per heavy atom. The zero-order valence-electron chi connectivity index (χ0n) is 16.4. The predicted octanol–water partition coefficient (Wildman–Crippen LogP) is 1.78. The molecule has 2 aromatic rings. The van der Waals surface area contributed by atoms with Crippen LogP contribution in [0.15, 0.2) is 24.5 Å². The lowest BCUT2D eigenvalue weighted by molar-refractivity contribution is -0.122. The standard InChI is InChI=1S/C21H26N6O/c1-14-11-27(13-17(14)25-19(28)9-15-5-8-26(2)12-15)18-4-3-16(10-22)20-21(18)24-7-6-23-20/h3-4,6-7,14-15,17H,5,8-9,11-13H2,1-2H3,(H,25,28)/t14-,15-,17+/m0/s1. The van der Waals surface area contributed by atoms with E-state index in [1.807, 2.05) is 6.07 Å². The molecule has 7 nitrogen and oxygen atoms in total. The second kappa shape index (κ2) is 7.72. The van der Waals surface area contributed by atoms with Crippen LogP contribution in [0.3, 0.4) is 0 Å². The summed E-state index contributed by atoms with van der Waals surface area (Å²) >= 11 is 0. The first kappa shape index (κ1) is 18.6. The van der Waals surface area contributed by atoms with E-state index < -0.39 is 0 Å². The van der Waals surface area contributed by atoms with Gasteiger partial charge in [0.1, 0.15) is 17.1 Å². The summed E-state index contributed by atoms with van der Waals surface area (Å²) in [5.41, 5.74) is 2.89. The van der Waals surface area contributed by atoms with Gasteiger partial charge in [-0.3, -0.25) is 14.8 Å². The highest BCUT2D eigenvalue weighted by Crippen LogP contribution is 2.30. The highest BCUT2D eigenvalue weighted by Gasteiger charge is 2.33. The second-order valence-corrected chi connectivity index (χ2v) is 8.17. The maximum Gasteiger partial charge on any atom is 0.220 e. The third-order valence-electron chi connectivity index (χ3n) is 5.99. The molecule has 0 aliphatic carbocycles. The van der Waals surface area contributed by atoms with Crippen molar-refractivity contribution in [2.45, 2.75) is 25.8 Å². The first-order chi connectivity index (χ1) is 13.5. The summed E-state index contributed by atoms with van der Waals surface area (Å²) in [6.07, 6.45) is 4.98. The summed E-state index contributed by atoms with van der Waals surface area (Å²) in [5.74, 6) is 0.969. The van der Waals surface area contributed by atoms with Crippen molar-refractivity contribution in [1.82, 2.24) is 20.2 Å². The maximum atomic E-state index is 12.5. The van der Waals surface area contributed by atoms with E-state index in [1.54, 1.807) is 18.5 Å². The molecule has 1 amide bonds. The third-order valence-corrected chi connectivity index (χ3v) is 5.99. The van der Waals surface area contributed by atoms with Gasteiger partial charge in [-0.2, -0.15) is 5.26 Å². The minimum absolute atomic E-state index is 0.119. The van der Waals surface area contributed by atoms with Crippen LogP contribution in [0.4, 0.5) is 5.69 Å². The number of likely N-dealkylation sites (tertiary alicyclic amines) is 1. The van der Waals surface area contributed by atoms with Crippen molar-refractivity contribution in [3.05, 3.63) is 30.1 Å². The molecule has 0 unspecified atom stereocenters. The van der Waals surface area contributed by atoms with Gasteiger partial charge in [0.05, 0.1) is 17.3 Å². The summed E-state index contributed by atoms with van der Waals surface area (Å²) in [6.45, 7) is 5.85. The number of aromatic nitrogens is 2. The van der Waals surface area contributed by atoms with Gasteiger partial charge in [-0.05, 0) is 44.0 Å². The Hall–Kier alpha value is -2.72. The van der Waals surface area contributed by atoms with Gasteiger partial charge >= 0.3 is 0 Å². The molecule has 1 N–H and O–H groups in total. The second-order valence-electron chi connectivity index (χ2n) is 8.17. The number of amides is 1. The minimum Gasteiger partial charge on any atom is -0.367 e. The van der Waals surface area contributed by atoms with Crippen LogP contribution in [0.25, 0.3) is 11.0 Å². The molecule has 2 aliphatic heterocycles. The molecule has 2 fully saturated rings. The lowest BCUT2D eigenvalue weighted by atomic mass is 10.0. The first-order valence-electron chi connectivity index (χ1n) is 9.92. The number of hydrogen-bond acceptors (Lipinski definition) is 6. The van der Waals surface area contributed by atoms with Gasteiger partial charge in [0.2, 0.25) is 5.91 Å². The normalized spacial score (nSPS) is 25.2. The minimum atomic E-state index is 0.119. The van der Waals surface area contributed by atoms with Crippen LogP contribution in [-0.2, 0) is 4.79 Å². The molecule has 0 radical (unpaired) electrons. The third kappa shape index (κ3) is 3.65.